The monoisotopic (exact) mass is 792 g/mol. The van der Waals surface area contributed by atoms with Crippen molar-refractivity contribution in [3.63, 3.8) is 0 Å². The molecule has 0 amide bonds. The van der Waals surface area contributed by atoms with E-state index in [2.05, 4.69) is 82.9 Å². The lowest BCUT2D eigenvalue weighted by atomic mass is 10.1. The molecular weight excluding hydrogens is 675 g/mol. The Morgan fingerprint density at radius 3 is 0.509 bits per heavy atom. The first-order valence-corrected chi connectivity index (χ1v) is 21.5. The zero-order valence-electron chi connectivity index (χ0n) is 34.2. The number of hydrogen-bond acceptors (Lipinski definition) is 7. The van der Waals surface area contributed by atoms with E-state index in [1.165, 1.54) is 221 Å². The van der Waals surface area contributed by atoms with Gasteiger partial charge < -0.3 is 34.3 Å². The molecule has 55 heavy (non-hydrogen) atoms. The van der Waals surface area contributed by atoms with Gasteiger partial charge in [-0.05, 0) is 176 Å². The third-order valence-electron chi connectivity index (χ3n) is 11.3. The van der Waals surface area contributed by atoms with Crippen LogP contribution in [0.25, 0.3) is 0 Å². The lowest BCUT2D eigenvalue weighted by molar-refractivity contribution is 0.160. The van der Waals surface area contributed by atoms with Crippen LogP contribution >= 0.6 is 0 Å². The third-order valence-corrected chi connectivity index (χ3v) is 11.3. The number of hydrogen-bond donors (Lipinski definition) is 0. The van der Waals surface area contributed by atoms with Crippen molar-refractivity contribution in [2.45, 2.75) is 183 Å². The van der Waals surface area contributed by atoms with Crippen molar-refractivity contribution in [3.8, 4) is 0 Å². The summed E-state index contributed by atoms with van der Waals surface area (Å²) in [4.78, 5) is 17.4. The van der Waals surface area contributed by atoms with Gasteiger partial charge in [-0.15, -0.1) is 0 Å². The third kappa shape index (κ3) is 39.0. The fourth-order valence-electron chi connectivity index (χ4n) is 7.37. The van der Waals surface area contributed by atoms with Gasteiger partial charge in [0.25, 0.3) is 0 Å². The van der Waals surface area contributed by atoms with Gasteiger partial charge in [0.1, 0.15) is 0 Å². The number of rotatable bonds is 6. The molecule has 0 bridgehead atoms. The normalized spacial score (nSPS) is 20.8. The van der Waals surface area contributed by atoms with Crippen LogP contribution in [0, 0.1) is 0 Å². The van der Waals surface area contributed by atoms with Crippen LogP contribution in [-0.4, -0.2) is 172 Å². The Labute approximate surface area is 354 Å². The summed E-state index contributed by atoms with van der Waals surface area (Å²) in [6.45, 7) is 39.3. The highest BCUT2D eigenvalue weighted by Crippen LogP contribution is 2.09. The maximum absolute atomic E-state index is 2.52. The van der Waals surface area contributed by atoms with Gasteiger partial charge in [-0.1, -0.05) is 119 Å². The van der Waals surface area contributed by atoms with E-state index in [9.17, 15) is 0 Å². The molecule has 6 rings (SSSR count). The molecule has 0 aromatic rings. The van der Waals surface area contributed by atoms with Crippen LogP contribution in [0.4, 0.5) is 0 Å². The van der Waals surface area contributed by atoms with Crippen molar-refractivity contribution < 1.29 is 0 Å². The second-order valence-electron chi connectivity index (χ2n) is 14.9. The summed E-state index contributed by atoms with van der Waals surface area (Å²) in [7, 11) is 2.19. The lowest BCUT2D eigenvalue weighted by Gasteiger charge is -2.31. The van der Waals surface area contributed by atoms with Crippen LogP contribution in [0.15, 0.2) is 0 Å². The van der Waals surface area contributed by atoms with Gasteiger partial charge in [-0.2, -0.15) is 0 Å². The molecule has 0 atom stereocenters. The Kier molecular flexibility index (Phi) is 62.9. The Hall–Kier alpha value is -0.280. The summed E-state index contributed by atoms with van der Waals surface area (Å²) in [6, 6.07) is 0. The molecule has 7 nitrogen and oxygen atoms in total. The highest BCUT2D eigenvalue weighted by molar-refractivity contribution is 4.67. The van der Waals surface area contributed by atoms with Crippen molar-refractivity contribution in [2.24, 2.45) is 0 Å². The minimum atomic E-state index is 0. The van der Waals surface area contributed by atoms with Gasteiger partial charge in [0.05, 0.1) is 0 Å². The van der Waals surface area contributed by atoms with Crippen molar-refractivity contribution in [2.75, 3.05) is 138 Å². The Bertz CT molecular complexity index is 556. The minimum absolute atomic E-state index is 0. The molecule has 0 spiro atoms. The summed E-state index contributed by atoms with van der Waals surface area (Å²) >= 11 is 0. The molecule has 6 saturated heterocycles. The van der Waals surface area contributed by atoms with Crippen molar-refractivity contribution in [1.82, 2.24) is 34.3 Å². The predicted molar refractivity (Wildman–Crippen MR) is 262 cm³/mol. The van der Waals surface area contributed by atoms with E-state index >= 15 is 0 Å². The van der Waals surface area contributed by atoms with E-state index in [0.29, 0.717) is 0 Å². The van der Waals surface area contributed by atoms with E-state index in [1.54, 1.807) is 0 Å². The number of nitrogens with zero attached hydrogens (tertiary/aromatic N) is 7. The molecule has 0 saturated carbocycles. The Balaban J connectivity index is -0.0000000981. The van der Waals surface area contributed by atoms with Gasteiger partial charge in [0.2, 0.25) is 0 Å². The molecule has 0 N–H and O–H groups in total. The molecule has 6 fully saturated rings. The highest BCUT2D eigenvalue weighted by atomic mass is 15.2. The van der Waals surface area contributed by atoms with Crippen LogP contribution in [0.3, 0.4) is 0 Å². The molecular formula is C48H117N7. The van der Waals surface area contributed by atoms with Gasteiger partial charge in [0.15, 0.2) is 0 Å². The minimum Gasteiger partial charge on any atom is -0.304 e. The van der Waals surface area contributed by atoms with E-state index in [-0.39, 0.29) is 52.0 Å². The Morgan fingerprint density at radius 1 is 0.218 bits per heavy atom. The molecule has 6 aliphatic heterocycles. The first-order valence-electron chi connectivity index (χ1n) is 21.5. The zero-order valence-corrected chi connectivity index (χ0v) is 34.2. The van der Waals surface area contributed by atoms with Crippen molar-refractivity contribution in [1.29, 1.82) is 0 Å². The SMILES string of the molecule is C.C.C.C.C.C.C.CCN1CCCC1.CCN1CCCCC1.CCN1CCCCC1.CCN1CCCCC1.CCN1CCCCC1.CCN1CCN(C)CC1. The first-order chi connectivity index (χ1) is 23.5. The summed E-state index contributed by atoms with van der Waals surface area (Å²) in [6.07, 6.45) is 20.1. The molecule has 6 heterocycles. The topological polar surface area (TPSA) is 22.7 Å². The van der Waals surface area contributed by atoms with Crippen LogP contribution in [0.5, 0.6) is 0 Å². The average molecular weight is 793 g/mol. The fourth-order valence-corrected chi connectivity index (χ4v) is 7.37. The van der Waals surface area contributed by atoms with Gasteiger partial charge in [-0.3, -0.25) is 0 Å². The van der Waals surface area contributed by atoms with Gasteiger partial charge in [-0.25, -0.2) is 0 Å². The standard InChI is InChI=1S/C7H16N2.4C7H15N.C6H13N.7CH4/c1-3-9-6-4-8(2)5-7-9;4*1-2-8-6-4-3-5-7-8;1-2-7-5-3-4-6-7;;;;;;;/h3-7H2,1-2H3;4*2-7H2,1H3;2-6H2,1H3;7*1H4. The molecule has 0 unspecified atom stereocenters. The molecule has 6 aliphatic rings. The van der Waals surface area contributed by atoms with E-state index < -0.39 is 0 Å². The number of likely N-dealkylation sites (N-methyl/N-ethyl adjacent to an activating group) is 2. The van der Waals surface area contributed by atoms with Crippen LogP contribution in [0.2, 0.25) is 0 Å². The van der Waals surface area contributed by atoms with Crippen LogP contribution in [0.1, 0.15) is 183 Å². The number of piperidine rings is 4. The quantitative estimate of drug-likeness (QED) is 0.264. The summed E-state index contributed by atoms with van der Waals surface area (Å²) in [5, 5.41) is 0. The van der Waals surface area contributed by atoms with E-state index in [0.717, 1.165) is 0 Å². The summed E-state index contributed by atoms with van der Waals surface area (Å²) in [5.74, 6) is 0. The second kappa shape index (κ2) is 49.9. The highest BCUT2D eigenvalue weighted by Gasteiger charge is 2.11. The Morgan fingerprint density at radius 2 is 0.364 bits per heavy atom. The molecule has 0 aromatic heterocycles. The molecule has 0 radical (unpaired) electrons. The van der Waals surface area contributed by atoms with E-state index in [1.807, 2.05) is 0 Å². The van der Waals surface area contributed by atoms with Crippen LogP contribution in [-0.2, 0) is 0 Å². The van der Waals surface area contributed by atoms with E-state index in [4.69, 9.17) is 0 Å². The molecule has 0 aromatic carbocycles. The maximum Gasteiger partial charge on any atom is 0.0110 e. The second-order valence-corrected chi connectivity index (χ2v) is 14.9. The van der Waals surface area contributed by atoms with Gasteiger partial charge >= 0.3 is 0 Å². The number of likely N-dealkylation sites (tertiary alicyclic amines) is 5. The first kappa shape index (κ1) is 69.3. The van der Waals surface area contributed by atoms with Crippen molar-refractivity contribution >= 4 is 0 Å². The summed E-state index contributed by atoms with van der Waals surface area (Å²) in [5.41, 5.74) is 0. The van der Waals surface area contributed by atoms with Gasteiger partial charge in [0, 0.05) is 26.2 Å². The number of piperazine rings is 1. The largest absolute Gasteiger partial charge is 0.304 e. The fraction of sp³-hybridized carbons (Fsp3) is 1.00. The predicted octanol–water partition coefficient (Wildman–Crippen LogP) is 11.8. The molecule has 7 heteroatoms. The maximum atomic E-state index is 2.52. The summed E-state index contributed by atoms with van der Waals surface area (Å²) < 4.78 is 0. The average Bonchev–Trinajstić information content (AvgIpc) is 3.72. The smallest absolute Gasteiger partial charge is 0.0110 e. The zero-order chi connectivity index (χ0) is 35.1. The van der Waals surface area contributed by atoms with Crippen molar-refractivity contribution in [3.05, 3.63) is 0 Å². The van der Waals surface area contributed by atoms with Crippen LogP contribution < -0.4 is 0 Å². The molecule has 0 aliphatic carbocycles. The lowest BCUT2D eigenvalue weighted by Crippen LogP contribution is -2.44. The molecule has 344 valence electrons.